The summed E-state index contributed by atoms with van der Waals surface area (Å²) < 4.78 is 4.82. The molecule has 2 aliphatic heterocycles. The molecule has 0 radical (unpaired) electrons. The Morgan fingerprint density at radius 2 is 1.57 bits per heavy atom. The van der Waals surface area contributed by atoms with E-state index in [-0.39, 0.29) is 42.8 Å². The van der Waals surface area contributed by atoms with E-state index in [1.54, 1.807) is 0 Å². The van der Waals surface area contributed by atoms with Crippen molar-refractivity contribution < 1.29 is 24.4 Å². The minimum absolute atomic E-state index is 0.110. The van der Waals surface area contributed by atoms with Crippen molar-refractivity contribution in [2.75, 3.05) is 7.11 Å². The molecule has 28 heavy (non-hydrogen) atoms. The molecule has 2 N–H and O–H groups in total. The van der Waals surface area contributed by atoms with Crippen LogP contribution in [0.15, 0.2) is 60.7 Å². The van der Waals surface area contributed by atoms with Gasteiger partial charge in [-0.15, -0.1) is 0 Å². The van der Waals surface area contributed by atoms with Gasteiger partial charge in [0.2, 0.25) is 11.8 Å². The lowest BCUT2D eigenvalue weighted by Gasteiger charge is -2.20. The van der Waals surface area contributed by atoms with Crippen LogP contribution in [0.5, 0.6) is 0 Å². The Morgan fingerprint density at radius 1 is 0.964 bits per heavy atom. The minimum atomic E-state index is -0.513. The average molecular weight is 379 g/mol. The van der Waals surface area contributed by atoms with Crippen molar-refractivity contribution in [2.45, 2.75) is 25.0 Å². The molecule has 6 nitrogen and oxygen atoms in total. The van der Waals surface area contributed by atoms with E-state index in [0.717, 1.165) is 11.1 Å². The number of carbonyl (C=O) groups is 3. The number of nitrogens with zero attached hydrogens (tertiary/aromatic N) is 1. The Morgan fingerprint density at radius 3 is 2.21 bits per heavy atom. The first kappa shape index (κ1) is 18.4. The van der Waals surface area contributed by atoms with E-state index >= 15 is 0 Å². The number of hydrogen-bond acceptors (Lipinski definition) is 4. The van der Waals surface area contributed by atoms with Crippen molar-refractivity contribution in [1.29, 1.82) is 0 Å². The van der Waals surface area contributed by atoms with Crippen LogP contribution in [-0.2, 0) is 25.7 Å². The molecule has 144 valence electrons. The van der Waals surface area contributed by atoms with Gasteiger partial charge >= 0.3 is 5.97 Å². The molecule has 2 amide bonds. The number of hydrogen-bond donors (Lipinski definition) is 1. The van der Waals surface area contributed by atoms with Gasteiger partial charge in [-0.05, 0) is 5.56 Å². The molecule has 6 heteroatoms. The second-order valence-electron chi connectivity index (χ2n) is 7.37. The molecule has 2 saturated heterocycles. The highest BCUT2D eigenvalue weighted by Crippen LogP contribution is 2.41. The van der Waals surface area contributed by atoms with Crippen LogP contribution in [0, 0.1) is 11.8 Å². The Bertz CT molecular complexity index is 884. The fourth-order valence-electron chi connectivity index (χ4n) is 4.49. The second kappa shape index (κ2) is 7.56. The van der Waals surface area contributed by atoms with Crippen LogP contribution in [0.1, 0.15) is 23.6 Å². The van der Waals surface area contributed by atoms with Crippen molar-refractivity contribution in [3.8, 4) is 0 Å². The maximum absolute atomic E-state index is 13.3. The zero-order chi connectivity index (χ0) is 19.7. The third-order valence-electron chi connectivity index (χ3n) is 5.79. The molecule has 2 heterocycles. The van der Waals surface area contributed by atoms with E-state index < -0.39 is 11.8 Å². The fourth-order valence-corrected chi connectivity index (χ4v) is 4.49. The molecule has 4 rings (SSSR count). The maximum atomic E-state index is 13.3. The van der Waals surface area contributed by atoms with Crippen LogP contribution < -0.4 is 5.32 Å². The van der Waals surface area contributed by atoms with Gasteiger partial charge < -0.3 is 10.1 Å². The Labute approximate surface area is 163 Å². The molecule has 0 aromatic heterocycles. The van der Waals surface area contributed by atoms with E-state index in [2.05, 4.69) is 0 Å². The van der Waals surface area contributed by atoms with E-state index in [9.17, 15) is 14.4 Å². The molecule has 4 atom stereocenters. The first-order valence-electron chi connectivity index (χ1n) is 9.46. The second-order valence-corrected chi connectivity index (χ2v) is 7.37. The molecule has 0 saturated carbocycles. The summed E-state index contributed by atoms with van der Waals surface area (Å²) >= 11 is 0. The highest BCUT2D eigenvalue weighted by molar-refractivity contribution is 6.06. The zero-order valence-electron chi connectivity index (χ0n) is 15.7. The lowest BCUT2D eigenvalue weighted by Crippen LogP contribution is -2.89. The Hall–Kier alpha value is -2.99. The van der Waals surface area contributed by atoms with E-state index in [0.29, 0.717) is 0 Å². The Balaban J connectivity index is 1.66. The van der Waals surface area contributed by atoms with Crippen LogP contribution >= 0.6 is 0 Å². The number of rotatable bonds is 5. The van der Waals surface area contributed by atoms with Gasteiger partial charge in [0.1, 0.15) is 23.9 Å². The van der Waals surface area contributed by atoms with Crippen molar-refractivity contribution in [3.05, 3.63) is 71.8 Å². The lowest BCUT2D eigenvalue weighted by molar-refractivity contribution is -0.710. The van der Waals surface area contributed by atoms with Crippen molar-refractivity contribution >= 4 is 17.8 Å². The molecular weight excluding hydrogens is 356 g/mol. The molecule has 0 spiro atoms. The maximum Gasteiger partial charge on any atom is 0.311 e. The predicted molar refractivity (Wildman–Crippen MR) is 101 cm³/mol. The van der Waals surface area contributed by atoms with Gasteiger partial charge in [0, 0.05) is 5.56 Å². The van der Waals surface area contributed by atoms with Crippen LogP contribution in [0.2, 0.25) is 0 Å². The molecule has 2 aromatic carbocycles. The van der Waals surface area contributed by atoms with Gasteiger partial charge in [-0.1, -0.05) is 60.7 Å². The van der Waals surface area contributed by atoms with Gasteiger partial charge in [-0.25, -0.2) is 0 Å². The number of fused-ring (bicyclic) bond motifs is 1. The van der Waals surface area contributed by atoms with Gasteiger partial charge in [0.15, 0.2) is 0 Å². The summed E-state index contributed by atoms with van der Waals surface area (Å²) in [4.78, 5) is 39.7. The molecule has 0 aliphatic carbocycles. The number of likely N-dealkylation sites (tertiary alicyclic amines) is 1. The molecule has 2 aromatic rings. The number of ether oxygens (including phenoxy) is 1. The van der Waals surface area contributed by atoms with Crippen molar-refractivity contribution in [1.82, 2.24) is 4.90 Å². The molecule has 2 aliphatic rings. The number of imide groups is 1. The summed E-state index contributed by atoms with van der Waals surface area (Å²) in [6.07, 6.45) is 0.110. The van der Waals surface area contributed by atoms with Crippen LogP contribution in [0.4, 0.5) is 0 Å². The van der Waals surface area contributed by atoms with E-state index in [1.165, 1.54) is 12.0 Å². The number of quaternary nitrogens is 1. The topological polar surface area (TPSA) is 80.3 Å². The lowest BCUT2D eigenvalue weighted by atomic mass is 9.86. The first-order chi connectivity index (χ1) is 13.6. The normalized spacial score (nSPS) is 26.4. The average Bonchev–Trinajstić information content (AvgIpc) is 3.21. The van der Waals surface area contributed by atoms with Crippen LogP contribution in [-0.4, -0.2) is 35.8 Å². The number of amides is 2. The van der Waals surface area contributed by atoms with Crippen LogP contribution in [0.25, 0.3) is 0 Å². The van der Waals surface area contributed by atoms with E-state index in [4.69, 9.17) is 4.74 Å². The third kappa shape index (κ3) is 3.20. The Kier molecular flexibility index (Phi) is 4.96. The standard InChI is InChI=1S/C22H22N2O4/c1-28-17(25)12-16-18-19(20(23-16)15-10-6-3-7-11-15)22(27)24(21(18)26)13-14-8-4-2-5-9-14/h2-11,16,18-20,23H,12-13H2,1H3/p+1/t16-,18-,19-,20-/m0/s1. The largest absolute Gasteiger partial charge is 0.469 e. The smallest absolute Gasteiger partial charge is 0.311 e. The molecule has 0 bridgehead atoms. The third-order valence-corrected chi connectivity index (χ3v) is 5.79. The summed E-state index contributed by atoms with van der Waals surface area (Å²) in [5, 5.41) is 2.00. The summed E-state index contributed by atoms with van der Waals surface area (Å²) in [5.41, 5.74) is 1.90. The number of methoxy groups -OCH3 is 1. The summed E-state index contributed by atoms with van der Waals surface area (Å²) in [6.45, 7) is 0.262. The molecule has 2 fully saturated rings. The number of esters is 1. The van der Waals surface area contributed by atoms with Gasteiger partial charge in [0.25, 0.3) is 0 Å². The zero-order valence-corrected chi connectivity index (χ0v) is 15.7. The van der Waals surface area contributed by atoms with Gasteiger partial charge in [-0.2, -0.15) is 0 Å². The highest BCUT2D eigenvalue weighted by atomic mass is 16.5. The van der Waals surface area contributed by atoms with Crippen molar-refractivity contribution in [2.24, 2.45) is 11.8 Å². The predicted octanol–water partition coefficient (Wildman–Crippen LogP) is 1.04. The summed E-state index contributed by atoms with van der Waals surface area (Å²) in [6, 6.07) is 18.7. The highest BCUT2D eigenvalue weighted by Gasteiger charge is 2.62. The monoisotopic (exact) mass is 379 g/mol. The first-order valence-corrected chi connectivity index (χ1v) is 9.46. The van der Waals surface area contributed by atoms with E-state index in [1.807, 2.05) is 66.0 Å². The number of benzene rings is 2. The van der Waals surface area contributed by atoms with Crippen molar-refractivity contribution in [3.63, 3.8) is 0 Å². The summed E-state index contributed by atoms with van der Waals surface area (Å²) in [5.74, 6) is -1.69. The van der Waals surface area contributed by atoms with Gasteiger partial charge in [0.05, 0.1) is 20.1 Å². The minimum Gasteiger partial charge on any atom is -0.469 e. The fraction of sp³-hybridized carbons (Fsp3) is 0.318. The quantitative estimate of drug-likeness (QED) is 0.622. The van der Waals surface area contributed by atoms with Crippen LogP contribution in [0.3, 0.4) is 0 Å². The summed E-state index contributed by atoms with van der Waals surface area (Å²) in [7, 11) is 1.34. The number of carbonyl (C=O) groups excluding carboxylic acids is 3. The molecule has 0 unspecified atom stereocenters. The molecular formula is C22H23N2O4+. The number of nitrogens with two attached hydrogens (primary N) is 1. The van der Waals surface area contributed by atoms with Gasteiger partial charge in [-0.3, -0.25) is 19.3 Å². The SMILES string of the molecule is COC(=O)C[C@@H]1[NH2+][C@@H](c2ccccc2)[C@H]2C(=O)N(Cc3ccccc3)C(=O)[C@H]21.